The third-order valence-electron chi connectivity index (χ3n) is 2.86. The van der Waals surface area contributed by atoms with Crippen LogP contribution in [0.2, 0.25) is 0 Å². The van der Waals surface area contributed by atoms with Gasteiger partial charge in [0.1, 0.15) is 6.29 Å². The van der Waals surface area contributed by atoms with Gasteiger partial charge in [-0.15, -0.1) is 0 Å². The zero-order chi connectivity index (χ0) is 10.6. The van der Waals surface area contributed by atoms with E-state index in [0.29, 0.717) is 11.8 Å². The van der Waals surface area contributed by atoms with Crippen molar-refractivity contribution >= 4 is 6.29 Å². The Labute approximate surface area is 86.1 Å². The molecule has 0 aliphatic rings. The number of rotatable bonds is 4. The van der Waals surface area contributed by atoms with Crippen LogP contribution in [-0.2, 0) is 6.42 Å². The van der Waals surface area contributed by atoms with E-state index in [9.17, 15) is 4.79 Å². The lowest BCUT2D eigenvalue weighted by Gasteiger charge is -2.16. The van der Waals surface area contributed by atoms with Crippen molar-refractivity contribution in [3.05, 3.63) is 35.4 Å². The Morgan fingerprint density at radius 2 is 1.86 bits per heavy atom. The van der Waals surface area contributed by atoms with Crippen molar-refractivity contribution in [2.24, 2.45) is 11.8 Å². The van der Waals surface area contributed by atoms with Crippen LogP contribution in [0.15, 0.2) is 24.3 Å². The Kier molecular flexibility index (Phi) is 3.87. The molecule has 0 aliphatic carbocycles. The maximum atomic E-state index is 10.8. The second-order valence-corrected chi connectivity index (χ2v) is 4.24. The summed E-state index contributed by atoms with van der Waals surface area (Å²) in [5.74, 6) is 1.28. The van der Waals surface area contributed by atoms with Gasteiger partial charge in [0.15, 0.2) is 0 Å². The topological polar surface area (TPSA) is 17.1 Å². The number of carbonyl (C=O) groups is 1. The van der Waals surface area contributed by atoms with Gasteiger partial charge in [-0.25, -0.2) is 0 Å². The minimum absolute atomic E-state index is 0.621. The van der Waals surface area contributed by atoms with Crippen molar-refractivity contribution in [3.63, 3.8) is 0 Å². The first kappa shape index (κ1) is 11.0. The molecule has 1 aromatic rings. The highest BCUT2D eigenvalue weighted by Crippen LogP contribution is 2.18. The molecule has 0 radical (unpaired) electrons. The average Bonchev–Trinajstić information content (AvgIpc) is 2.18. The fraction of sp³-hybridized carbons (Fsp3) is 0.462. The molecule has 0 saturated carbocycles. The van der Waals surface area contributed by atoms with Crippen LogP contribution in [0.5, 0.6) is 0 Å². The normalized spacial score (nSPS) is 12.9. The number of aldehydes is 1. The predicted octanol–water partition coefficient (Wildman–Crippen LogP) is 3.33. The van der Waals surface area contributed by atoms with Gasteiger partial charge in [0.2, 0.25) is 0 Å². The first-order valence-corrected chi connectivity index (χ1v) is 5.18. The molecule has 1 atom stereocenters. The van der Waals surface area contributed by atoms with E-state index in [1.165, 1.54) is 5.56 Å². The first-order valence-electron chi connectivity index (χ1n) is 5.18. The standard InChI is InChI=1S/C13H18O/c1-10(2)11(3)8-12-6-4-5-7-13(12)9-14/h4-7,9-11H,8H2,1-3H3. The Bertz CT molecular complexity index is 302. The third-order valence-corrected chi connectivity index (χ3v) is 2.86. The summed E-state index contributed by atoms with van der Waals surface area (Å²) in [4.78, 5) is 10.8. The van der Waals surface area contributed by atoms with E-state index in [2.05, 4.69) is 20.8 Å². The van der Waals surface area contributed by atoms with E-state index in [0.717, 1.165) is 18.3 Å². The molecule has 0 fully saturated rings. The molecule has 1 aromatic carbocycles. The minimum atomic E-state index is 0.621. The molecule has 0 spiro atoms. The predicted molar refractivity (Wildman–Crippen MR) is 59.5 cm³/mol. The lowest BCUT2D eigenvalue weighted by Crippen LogP contribution is -2.08. The van der Waals surface area contributed by atoms with Crippen molar-refractivity contribution in [2.45, 2.75) is 27.2 Å². The Morgan fingerprint density at radius 3 is 2.43 bits per heavy atom. The van der Waals surface area contributed by atoms with Crippen molar-refractivity contribution in [2.75, 3.05) is 0 Å². The minimum Gasteiger partial charge on any atom is -0.298 e. The van der Waals surface area contributed by atoms with E-state index in [1.807, 2.05) is 24.3 Å². The van der Waals surface area contributed by atoms with E-state index in [1.54, 1.807) is 0 Å². The molecule has 1 unspecified atom stereocenters. The van der Waals surface area contributed by atoms with E-state index in [4.69, 9.17) is 0 Å². The summed E-state index contributed by atoms with van der Waals surface area (Å²) in [5, 5.41) is 0. The quantitative estimate of drug-likeness (QED) is 0.665. The summed E-state index contributed by atoms with van der Waals surface area (Å²) in [7, 11) is 0. The van der Waals surface area contributed by atoms with E-state index < -0.39 is 0 Å². The highest BCUT2D eigenvalue weighted by Gasteiger charge is 2.09. The molecule has 76 valence electrons. The van der Waals surface area contributed by atoms with Gasteiger partial charge in [-0.1, -0.05) is 45.0 Å². The molecule has 1 rings (SSSR count). The number of hydrogen-bond donors (Lipinski definition) is 0. The van der Waals surface area contributed by atoms with Crippen LogP contribution in [0.25, 0.3) is 0 Å². The highest BCUT2D eigenvalue weighted by atomic mass is 16.1. The average molecular weight is 190 g/mol. The molecule has 0 aliphatic heterocycles. The van der Waals surface area contributed by atoms with Gasteiger partial charge in [0, 0.05) is 5.56 Å². The Morgan fingerprint density at radius 1 is 1.21 bits per heavy atom. The summed E-state index contributed by atoms with van der Waals surface area (Å²) in [5.41, 5.74) is 2.00. The van der Waals surface area contributed by atoms with Gasteiger partial charge in [-0.2, -0.15) is 0 Å². The fourth-order valence-corrected chi connectivity index (χ4v) is 1.42. The molecule has 0 saturated heterocycles. The van der Waals surface area contributed by atoms with Crippen LogP contribution < -0.4 is 0 Å². The molecule has 1 nitrogen and oxygen atoms in total. The number of benzene rings is 1. The lowest BCUT2D eigenvalue weighted by atomic mass is 9.89. The molecular weight excluding hydrogens is 172 g/mol. The van der Waals surface area contributed by atoms with E-state index in [-0.39, 0.29) is 0 Å². The fourth-order valence-electron chi connectivity index (χ4n) is 1.42. The summed E-state index contributed by atoms with van der Waals surface area (Å²) < 4.78 is 0. The van der Waals surface area contributed by atoms with Crippen LogP contribution in [0.3, 0.4) is 0 Å². The maximum Gasteiger partial charge on any atom is 0.150 e. The smallest absolute Gasteiger partial charge is 0.150 e. The molecule has 0 amide bonds. The van der Waals surface area contributed by atoms with Crippen molar-refractivity contribution in [1.29, 1.82) is 0 Å². The van der Waals surface area contributed by atoms with Gasteiger partial charge < -0.3 is 0 Å². The zero-order valence-corrected chi connectivity index (χ0v) is 9.16. The summed E-state index contributed by atoms with van der Waals surface area (Å²) in [6.45, 7) is 6.66. The van der Waals surface area contributed by atoms with Gasteiger partial charge in [-0.05, 0) is 23.8 Å². The van der Waals surface area contributed by atoms with Crippen molar-refractivity contribution in [3.8, 4) is 0 Å². The van der Waals surface area contributed by atoms with Gasteiger partial charge in [0.05, 0.1) is 0 Å². The monoisotopic (exact) mass is 190 g/mol. The van der Waals surface area contributed by atoms with Crippen LogP contribution in [-0.4, -0.2) is 6.29 Å². The second kappa shape index (κ2) is 4.94. The molecule has 0 aromatic heterocycles. The van der Waals surface area contributed by atoms with Crippen molar-refractivity contribution < 1.29 is 4.79 Å². The number of hydrogen-bond acceptors (Lipinski definition) is 1. The summed E-state index contributed by atoms with van der Waals surface area (Å²) in [6.07, 6.45) is 1.94. The van der Waals surface area contributed by atoms with Crippen LogP contribution in [0, 0.1) is 11.8 Å². The van der Waals surface area contributed by atoms with Gasteiger partial charge in [-0.3, -0.25) is 4.79 Å². The van der Waals surface area contributed by atoms with Crippen molar-refractivity contribution in [1.82, 2.24) is 0 Å². The van der Waals surface area contributed by atoms with Crippen LogP contribution in [0.4, 0.5) is 0 Å². The summed E-state index contributed by atoms with van der Waals surface area (Å²) >= 11 is 0. The SMILES string of the molecule is CC(C)C(C)Cc1ccccc1C=O. The van der Waals surface area contributed by atoms with E-state index >= 15 is 0 Å². The van der Waals surface area contributed by atoms with Gasteiger partial charge in [0.25, 0.3) is 0 Å². The second-order valence-electron chi connectivity index (χ2n) is 4.24. The molecule has 0 heterocycles. The van der Waals surface area contributed by atoms with Crippen LogP contribution >= 0.6 is 0 Å². The first-order chi connectivity index (χ1) is 6.65. The highest BCUT2D eigenvalue weighted by molar-refractivity contribution is 5.77. The van der Waals surface area contributed by atoms with Crippen LogP contribution in [0.1, 0.15) is 36.7 Å². The zero-order valence-electron chi connectivity index (χ0n) is 9.16. The molecule has 0 bridgehead atoms. The number of carbonyl (C=O) groups excluding carboxylic acids is 1. The largest absolute Gasteiger partial charge is 0.298 e. The lowest BCUT2D eigenvalue weighted by molar-refractivity contribution is 0.112. The Balaban J connectivity index is 2.80. The van der Waals surface area contributed by atoms with Gasteiger partial charge >= 0.3 is 0 Å². The summed E-state index contributed by atoms with van der Waals surface area (Å²) in [6, 6.07) is 7.83. The third kappa shape index (κ3) is 2.69. The molecule has 14 heavy (non-hydrogen) atoms. The molecule has 1 heteroatoms. The Hall–Kier alpha value is -1.11. The molecule has 0 N–H and O–H groups in total. The maximum absolute atomic E-state index is 10.8. The molecular formula is C13H18O.